The van der Waals surface area contributed by atoms with E-state index in [9.17, 15) is 4.39 Å². The fraction of sp³-hybridized carbons (Fsp3) is 0.538. The Morgan fingerprint density at radius 2 is 1.55 bits per heavy atom. The standard InChI is InChI=1S/C26H35FN2O2/c1-2-17-30-25-19-21-8-7-9-22(21)20-26(25)31-18-6-5-12-28-13-15-29(16-14-28)24-11-4-3-10-23(24)27/h3-4,10-11,19-20H,2,5-9,12-18H2,1H3. The van der Waals surface area contributed by atoms with Gasteiger partial charge in [-0.15, -0.1) is 0 Å². The number of fused-ring (bicyclic) bond motifs is 1. The van der Waals surface area contributed by atoms with E-state index in [4.69, 9.17) is 9.47 Å². The second kappa shape index (κ2) is 10.9. The highest BCUT2D eigenvalue weighted by atomic mass is 19.1. The average Bonchev–Trinajstić information content (AvgIpc) is 3.25. The normalized spacial score (nSPS) is 16.4. The highest BCUT2D eigenvalue weighted by Crippen LogP contribution is 2.35. The predicted molar refractivity (Wildman–Crippen MR) is 124 cm³/mol. The highest BCUT2D eigenvalue weighted by molar-refractivity contribution is 5.49. The Morgan fingerprint density at radius 1 is 0.871 bits per heavy atom. The molecule has 1 fully saturated rings. The third-order valence-corrected chi connectivity index (χ3v) is 6.31. The van der Waals surface area contributed by atoms with Gasteiger partial charge in [-0.25, -0.2) is 4.39 Å². The van der Waals surface area contributed by atoms with E-state index in [1.807, 2.05) is 12.1 Å². The molecule has 0 saturated carbocycles. The average molecular weight is 427 g/mol. The van der Waals surface area contributed by atoms with Gasteiger partial charge in [-0.2, -0.15) is 0 Å². The highest BCUT2D eigenvalue weighted by Gasteiger charge is 2.19. The quantitative estimate of drug-likeness (QED) is 0.495. The van der Waals surface area contributed by atoms with Gasteiger partial charge < -0.3 is 14.4 Å². The Kier molecular flexibility index (Phi) is 7.68. The van der Waals surface area contributed by atoms with Crippen LogP contribution in [0.4, 0.5) is 10.1 Å². The first-order chi connectivity index (χ1) is 15.2. The Morgan fingerprint density at radius 3 is 2.23 bits per heavy atom. The van der Waals surface area contributed by atoms with Crippen LogP contribution in [0.1, 0.15) is 43.7 Å². The van der Waals surface area contributed by atoms with Crippen molar-refractivity contribution in [2.24, 2.45) is 0 Å². The van der Waals surface area contributed by atoms with Gasteiger partial charge >= 0.3 is 0 Å². The van der Waals surface area contributed by atoms with Crippen molar-refractivity contribution in [3.63, 3.8) is 0 Å². The Labute approximate surface area is 185 Å². The fourth-order valence-corrected chi connectivity index (χ4v) is 4.56. The van der Waals surface area contributed by atoms with Crippen LogP contribution in [0.25, 0.3) is 0 Å². The molecule has 168 valence electrons. The van der Waals surface area contributed by atoms with Crippen LogP contribution in [0.5, 0.6) is 11.5 Å². The largest absolute Gasteiger partial charge is 0.490 e. The molecule has 2 aromatic carbocycles. The number of nitrogens with zero attached hydrogens (tertiary/aromatic N) is 2. The van der Waals surface area contributed by atoms with E-state index in [0.29, 0.717) is 0 Å². The van der Waals surface area contributed by atoms with Gasteiger partial charge in [0.05, 0.1) is 18.9 Å². The zero-order valence-corrected chi connectivity index (χ0v) is 18.7. The lowest BCUT2D eigenvalue weighted by Crippen LogP contribution is -2.46. The summed E-state index contributed by atoms with van der Waals surface area (Å²) in [6.45, 7) is 8.37. The molecule has 1 aliphatic heterocycles. The van der Waals surface area contributed by atoms with E-state index >= 15 is 0 Å². The molecule has 1 aliphatic carbocycles. The number of piperazine rings is 1. The van der Waals surface area contributed by atoms with Crippen LogP contribution < -0.4 is 14.4 Å². The molecular weight excluding hydrogens is 391 g/mol. The second-order valence-corrected chi connectivity index (χ2v) is 8.61. The van der Waals surface area contributed by atoms with Crippen LogP contribution in [-0.4, -0.2) is 50.8 Å². The minimum absolute atomic E-state index is 0.123. The summed E-state index contributed by atoms with van der Waals surface area (Å²) in [5.41, 5.74) is 3.57. The van der Waals surface area contributed by atoms with Crippen molar-refractivity contribution < 1.29 is 13.9 Å². The number of hydrogen-bond acceptors (Lipinski definition) is 4. The van der Waals surface area contributed by atoms with Crippen LogP contribution in [0.3, 0.4) is 0 Å². The molecule has 2 aromatic rings. The molecule has 0 spiro atoms. The zero-order chi connectivity index (χ0) is 21.5. The van der Waals surface area contributed by atoms with Crippen molar-refractivity contribution in [2.45, 2.75) is 45.4 Å². The van der Waals surface area contributed by atoms with Gasteiger partial charge in [0.1, 0.15) is 5.82 Å². The summed E-state index contributed by atoms with van der Waals surface area (Å²) in [5, 5.41) is 0. The van der Waals surface area contributed by atoms with Crippen molar-refractivity contribution >= 4 is 5.69 Å². The van der Waals surface area contributed by atoms with E-state index in [1.165, 1.54) is 17.5 Å². The summed E-state index contributed by atoms with van der Waals surface area (Å²) in [4.78, 5) is 4.63. The third kappa shape index (κ3) is 5.70. The Bertz CT molecular complexity index is 849. The third-order valence-electron chi connectivity index (χ3n) is 6.31. The molecule has 0 radical (unpaired) electrons. The fourth-order valence-electron chi connectivity index (χ4n) is 4.56. The topological polar surface area (TPSA) is 24.9 Å². The molecule has 0 amide bonds. The number of aryl methyl sites for hydroxylation is 2. The summed E-state index contributed by atoms with van der Waals surface area (Å²) in [7, 11) is 0. The Balaban J connectivity index is 1.19. The molecule has 1 saturated heterocycles. The lowest BCUT2D eigenvalue weighted by atomic mass is 10.1. The maximum Gasteiger partial charge on any atom is 0.161 e. The first-order valence-electron chi connectivity index (χ1n) is 11.9. The maximum absolute atomic E-state index is 14.0. The first-order valence-corrected chi connectivity index (χ1v) is 11.9. The summed E-state index contributed by atoms with van der Waals surface area (Å²) in [6, 6.07) is 11.5. The molecule has 5 heteroatoms. The van der Waals surface area contributed by atoms with Gasteiger partial charge in [-0.1, -0.05) is 19.1 Å². The molecule has 4 nitrogen and oxygen atoms in total. The van der Waals surface area contributed by atoms with Gasteiger partial charge in [-0.05, 0) is 80.5 Å². The predicted octanol–water partition coefficient (Wildman–Crippen LogP) is 5.08. The first kappa shape index (κ1) is 21.9. The molecule has 0 bridgehead atoms. The van der Waals surface area contributed by atoms with Crippen molar-refractivity contribution in [3.05, 3.63) is 53.3 Å². The van der Waals surface area contributed by atoms with E-state index in [0.717, 1.165) is 95.2 Å². The number of para-hydroxylation sites is 1. The molecule has 0 unspecified atom stereocenters. The van der Waals surface area contributed by atoms with E-state index in [-0.39, 0.29) is 5.82 Å². The summed E-state index contributed by atoms with van der Waals surface area (Å²) >= 11 is 0. The van der Waals surface area contributed by atoms with Crippen molar-refractivity contribution in [3.8, 4) is 11.5 Å². The van der Waals surface area contributed by atoms with Crippen molar-refractivity contribution in [2.75, 3.05) is 50.8 Å². The molecule has 31 heavy (non-hydrogen) atoms. The smallest absolute Gasteiger partial charge is 0.161 e. The number of ether oxygens (including phenoxy) is 2. The second-order valence-electron chi connectivity index (χ2n) is 8.61. The van der Waals surface area contributed by atoms with Gasteiger partial charge in [-0.3, -0.25) is 4.90 Å². The SMILES string of the molecule is CCCOc1cc2c(cc1OCCCCN1CCN(c3ccccc3F)CC1)CCC2. The van der Waals surface area contributed by atoms with E-state index < -0.39 is 0 Å². The zero-order valence-electron chi connectivity index (χ0n) is 18.7. The molecule has 0 atom stereocenters. The van der Waals surface area contributed by atoms with Gasteiger partial charge in [0.15, 0.2) is 11.5 Å². The maximum atomic E-state index is 14.0. The van der Waals surface area contributed by atoms with Crippen LogP contribution in [0.15, 0.2) is 36.4 Å². The number of anilines is 1. The monoisotopic (exact) mass is 426 g/mol. The van der Waals surface area contributed by atoms with Crippen LogP contribution >= 0.6 is 0 Å². The van der Waals surface area contributed by atoms with Crippen molar-refractivity contribution in [1.29, 1.82) is 0 Å². The van der Waals surface area contributed by atoms with Crippen LogP contribution in [0, 0.1) is 5.82 Å². The van der Waals surface area contributed by atoms with Gasteiger partial charge in [0.2, 0.25) is 0 Å². The van der Waals surface area contributed by atoms with Crippen molar-refractivity contribution in [1.82, 2.24) is 4.90 Å². The number of halogens is 1. The van der Waals surface area contributed by atoms with E-state index in [2.05, 4.69) is 28.9 Å². The molecule has 0 aromatic heterocycles. The summed E-state index contributed by atoms with van der Waals surface area (Å²) < 4.78 is 26.1. The summed E-state index contributed by atoms with van der Waals surface area (Å²) in [6.07, 6.45) is 6.67. The molecule has 1 heterocycles. The Hall–Kier alpha value is -2.27. The molecule has 0 N–H and O–H groups in total. The molecule has 4 rings (SSSR count). The van der Waals surface area contributed by atoms with E-state index in [1.54, 1.807) is 12.1 Å². The lowest BCUT2D eigenvalue weighted by molar-refractivity contribution is 0.232. The van der Waals surface area contributed by atoms with Crippen LogP contribution in [-0.2, 0) is 12.8 Å². The van der Waals surface area contributed by atoms with Gasteiger partial charge in [0.25, 0.3) is 0 Å². The molecule has 2 aliphatic rings. The number of unbranched alkanes of at least 4 members (excludes halogenated alkanes) is 1. The lowest BCUT2D eigenvalue weighted by Gasteiger charge is -2.36. The number of rotatable bonds is 10. The minimum atomic E-state index is -0.123. The molecular formula is C26H35FN2O2. The van der Waals surface area contributed by atoms with Gasteiger partial charge in [0, 0.05) is 26.2 Å². The minimum Gasteiger partial charge on any atom is -0.490 e. The summed E-state index contributed by atoms with van der Waals surface area (Å²) in [5.74, 6) is 1.70. The number of hydrogen-bond donors (Lipinski definition) is 0. The van der Waals surface area contributed by atoms with Crippen LogP contribution in [0.2, 0.25) is 0 Å². The number of benzene rings is 2.